The normalized spacial score (nSPS) is 17.3. The van der Waals surface area contributed by atoms with Gasteiger partial charge in [-0.2, -0.15) is 13.2 Å². The molecule has 3 heterocycles. The standard InChI is InChI=1S/C13H15F3N4O/c14-13(15,16)10-8-20-4-3-17-11(12(20)19-10)18-7-9-1-5-21-6-2-9/h3-4,8-9H,1-2,5-7H2,(H,17,18). The van der Waals surface area contributed by atoms with E-state index in [1.165, 1.54) is 16.8 Å². The van der Waals surface area contributed by atoms with Crippen molar-refractivity contribution >= 4 is 11.5 Å². The first-order valence-electron chi connectivity index (χ1n) is 6.76. The van der Waals surface area contributed by atoms with Crippen molar-refractivity contribution in [2.45, 2.75) is 19.0 Å². The molecule has 2 aromatic rings. The molecule has 0 bridgehead atoms. The van der Waals surface area contributed by atoms with Crippen molar-refractivity contribution < 1.29 is 17.9 Å². The number of anilines is 1. The van der Waals surface area contributed by atoms with Crippen molar-refractivity contribution in [3.05, 3.63) is 24.3 Å². The number of hydrogen-bond acceptors (Lipinski definition) is 4. The lowest BCUT2D eigenvalue weighted by molar-refractivity contribution is -0.140. The van der Waals surface area contributed by atoms with Gasteiger partial charge >= 0.3 is 6.18 Å². The fourth-order valence-corrected chi connectivity index (χ4v) is 2.37. The molecule has 0 amide bonds. The number of alkyl halides is 3. The Morgan fingerprint density at radius 1 is 1.33 bits per heavy atom. The van der Waals surface area contributed by atoms with Crippen LogP contribution in [0.5, 0.6) is 0 Å². The molecule has 1 aliphatic heterocycles. The van der Waals surface area contributed by atoms with Gasteiger partial charge in [0.1, 0.15) is 0 Å². The van der Waals surface area contributed by atoms with Crippen LogP contribution in [-0.2, 0) is 10.9 Å². The minimum absolute atomic E-state index is 0.192. The third-order valence-corrected chi connectivity index (χ3v) is 3.56. The highest BCUT2D eigenvalue weighted by Crippen LogP contribution is 2.29. The summed E-state index contributed by atoms with van der Waals surface area (Å²) in [5.74, 6) is 0.817. The van der Waals surface area contributed by atoms with Crippen LogP contribution in [0.15, 0.2) is 18.6 Å². The van der Waals surface area contributed by atoms with Gasteiger partial charge in [0, 0.05) is 38.3 Å². The molecular formula is C13H15F3N4O. The van der Waals surface area contributed by atoms with E-state index in [4.69, 9.17) is 4.74 Å². The number of fused-ring (bicyclic) bond motifs is 1. The van der Waals surface area contributed by atoms with Gasteiger partial charge in [-0.05, 0) is 18.8 Å². The first-order chi connectivity index (χ1) is 10.0. The molecule has 0 spiro atoms. The van der Waals surface area contributed by atoms with E-state index in [1.54, 1.807) is 0 Å². The van der Waals surface area contributed by atoms with Gasteiger partial charge in [-0.3, -0.25) is 0 Å². The first-order valence-corrected chi connectivity index (χ1v) is 6.76. The highest BCUT2D eigenvalue weighted by Gasteiger charge is 2.34. The number of aromatic nitrogens is 3. The number of rotatable bonds is 3. The molecule has 1 N–H and O–H groups in total. The quantitative estimate of drug-likeness (QED) is 0.946. The summed E-state index contributed by atoms with van der Waals surface area (Å²) in [5.41, 5.74) is -0.721. The molecule has 0 aromatic carbocycles. The fourth-order valence-electron chi connectivity index (χ4n) is 2.37. The lowest BCUT2D eigenvalue weighted by Crippen LogP contribution is -2.23. The van der Waals surface area contributed by atoms with E-state index < -0.39 is 11.9 Å². The summed E-state index contributed by atoms with van der Waals surface area (Å²) in [6.07, 6.45) is 1.32. The van der Waals surface area contributed by atoms with Crippen molar-refractivity contribution in [2.75, 3.05) is 25.1 Å². The van der Waals surface area contributed by atoms with Crippen LogP contribution in [0.3, 0.4) is 0 Å². The zero-order chi connectivity index (χ0) is 14.9. The van der Waals surface area contributed by atoms with Crippen molar-refractivity contribution in [3.8, 4) is 0 Å². The van der Waals surface area contributed by atoms with Gasteiger partial charge in [0.25, 0.3) is 0 Å². The average molecular weight is 300 g/mol. The smallest absolute Gasteiger partial charge is 0.381 e. The van der Waals surface area contributed by atoms with Crippen molar-refractivity contribution in [1.29, 1.82) is 0 Å². The van der Waals surface area contributed by atoms with Gasteiger partial charge in [-0.25, -0.2) is 9.97 Å². The van der Waals surface area contributed by atoms with E-state index in [0.29, 0.717) is 18.3 Å². The number of ether oxygens (including phenoxy) is 1. The number of nitrogens with one attached hydrogen (secondary N) is 1. The monoisotopic (exact) mass is 300 g/mol. The Hall–Kier alpha value is -1.83. The minimum Gasteiger partial charge on any atom is -0.381 e. The molecule has 1 fully saturated rings. The van der Waals surface area contributed by atoms with Gasteiger partial charge in [-0.15, -0.1) is 0 Å². The van der Waals surface area contributed by atoms with Crippen LogP contribution in [0.25, 0.3) is 5.65 Å². The highest BCUT2D eigenvalue weighted by molar-refractivity contribution is 5.63. The van der Waals surface area contributed by atoms with E-state index >= 15 is 0 Å². The average Bonchev–Trinajstić information content (AvgIpc) is 2.91. The molecule has 0 unspecified atom stereocenters. The molecule has 3 rings (SSSR count). The molecule has 0 radical (unpaired) electrons. The second-order valence-corrected chi connectivity index (χ2v) is 5.07. The summed E-state index contributed by atoms with van der Waals surface area (Å²) in [7, 11) is 0. The predicted octanol–water partition coefficient (Wildman–Crippen LogP) is 2.59. The molecule has 1 aliphatic rings. The van der Waals surface area contributed by atoms with E-state index in [9.17, 15) is 13.2 Å². The first kappa shape index (κ1) is 14.1. The predicted molar refractivity (Wildman–Crippen MR) is 70.0 cm³/mol. The SMILES string of the molecule is FC(F)(F)c1cn2ccnc(NCC3CCOCC3)c2n1. The van der Waals surface area contributed by atoms with Crippen LogP contribution >= 0.6 is 0 Å². The molecule has 2 aromatic heterocycles. The Bertz CT molecular complexity index is 619. The highest BCUT2D eigenvalue weighted by atomic mass is 19.4. The third-order valence-electron chi connectivity index (χ3n) is 3.56. The van der Waals surface area contributed by atoms with Gasteiger partial charge in [-0.1, -0.05) is 0 Å². The van der Waals surface area contributed by atoms with E-state index in [0.717, 1.165) is 32.3 Å². The molecule has 21 heavy (non-hydrogen) atoms. The zero-order valence-electron chi connectivity index (χ0n) is 11.2. The molecule has 8 heteroatoms. The molecule has 0 saturated carbocycles. The van der Waals surface area contributed by atoms with Crippen molar-refractivity contribution in [2.24, 2.45) is 5.92 Å². The number of halogens is 3. The zero-order valence-corrected chi connectivity index (χ0v) is 11.2. The maximum absolute atomic E-state index is 12.7. The summed E-state index contributed by atoms with van der Waals surface area (Å²) < 4.78 is 44.7. The minimum atomic E-state index is -4.45. The lowest BCUT2D eigenvalue weighted by atomic mass is 10.0. The van der Waals surface area contributed by atoms with Gasteiger partial charge < -0.3 is 14.5 Å². The van der Waals surface area contributed by atoms with Gasteiger partial charge in [0.15, 0.2) is 17.2 Å². The lowest BCUT2D eigenvalue weighted by Gasteiger charge is -2.22. The van der Waals surface area contributed by atoms with Crippen molar-refractivity contribution in [1.82, 2.24) is 14.4 Å². The number of hydrogen-bond donors (Lipinski definition) is 1. The maximum atomic E-state index is 12.7. The van der Waals surface area contributed by atoms with Gasteiger partial charge in [0.2, 0.25) is 0 Å². The molecule has 5 nitrogen and oxygen atoms in total. The molecule has 0 aliphatic carbocycles. The molecular weight excluding hydrogens is 285 g/mol. The largest absolute Gasteiger partial charge is 0.434 e. The summed E-state index contributed by atoms with van der Waals surface area (Å²) >= 11 is 0. The second-order valence-electron chi connectivity index (χ2n) is 5.07. The third kappa shape index (κ3) is 3.10. The maximum Gasteiger partial charge on any atom is 0.434 e. The molecule has 1 saturated heterocycles. The van der Waals surface area contributed by atoms with Crippen molar-refractivity contribution in [3.63, 3.8) is 0 Å². The number of nitrogens with zero attached hydrogens (tertiary/aromatic N) is 3. The van der Waals surface area contributed by atoms with Crippen LogP contribution in [-0.4, -0.2) is 34.1 Å². The van der Waals surface area contributed by atoms with Crippen LogP contribution in [0.1, 0.15) is 18.5 Å². The molecule has 0 atom stereocenters. The Labute approximate surface area is 119 Å². The fraction of sp³-hybridized carbons (Fsp3) is 0.538. The Kier molecular flexibility index (Phi) is 3.71. The molecule has 114 valence electrons. The Morgan fingerprint density at radius 2 is 2.10 bits per heavy atom. The Morgan fingerprint density at radius 3 is 2.81 bits per heavy atom. The van der Waals surface area contributed by atoms with Crippen LogP contribution in [0.4, 0.5) is 19.0 Å². The number of imidazole rings is 1. The van der Waals surface area contributed by atoms with E-state index in [-0.39, 0.29) is 5.65 Å². The second kappa shape index (κ2) is 5.51. The topological polar surface area (TPSA) is 51.5 Å². The summed E-state index contributed by atoms with van der Waals surface area (Å²) in [6.45, 7) is 2.11. The summed E-state index contributed by atoms with van der Waals surface area (Å²) in [5, 5.41) is 3.10. The van der Waals surface area contributed by atoms with Crippen LogP contribution in [0.2, 0.25) is 0 Å². The summed E-state index contributed by atoms with van der Waals surface area (Å²) in [4.78, 5) is 7.73. The van der Waals surface area contributed by atoms with E-state index in [1.807, 2.05) is 0 Å². The Balaban J connectivity index is 1.79. The van der Waals surface area contributed by atoms with E-state index in [2.05, 4.69) is 15.3 Å². The van der Waals surface area contributed by atoms with Gasteiger partial charge in [0.05, 0.1) is 0 Å². The van der Waals surface area contributed by atoms with Crippen LogP contribution < -0.4 is 5.32 Å². The summed E-state index contributed by atoms with van der Waals surface area (Å²) in [6, 6.07) is 0. The van der Waals surface area contributed by atoms with Crippen LogP contribution in [0, 0.1) is 5.92 Å².